The molecule has 23 heavy (non-hydrogen) atoms. The average molecular weight is 362 g/mol. The van der Waals surface area contributed by atoms with E-state index in [0.717, 1.165) is 10.6 Å². The quantitative estimate of drug-likeness (QED) is 0.725. The van der Waals surface area contributed by atoms with Crippen molar-refractivity contribution in [3.8, 4) is 0 Å². The Balaban J connectivity index is 1.70. The highest BCUT2D eigenvalue weighted by molar-refractivity contribution is 8.16. The molecule has 0 spiro atoms. The van der Waals surface area contributed by atoms with Gasteiger partial charge in [-0.1, -0.05) is 24.3 Å². The van der Waals surface area contributed by atoms with E-state index in [2.05, 4.69) is 17.4 Å². The fourth-order valence-electron chi connectivity index (χ4n) is 2.41. The molecule has 0 bridgehead atoms. The third-order valence-electron chi connectivity index (χ3n) is 3.63. The molecule has 0 atom stereocenters. The van der Waals surface area contributed by atoms with Crippen LogP contribution in [0.5, 0.6) is 0 Å². The molecule has 3 rings (SSSR count). The van der Waals surface area contributed by atoms with Crippen LogP contribution in [-0.2, 0) is 0 Å². The lowest BCUT2D eigenvalue weighted by molar-refractivity contribution is 0.102. The van der Waals surface area contributed by atoms with E-state index in [0.29, 0.717) is 10.1 Å². The van der Waals surface area contributed by atoms with Crippen molar-refractivity contribution in [3.63, 3.8) is 0 Å². The second kappa shape index (κ2) is 8.18. The highest BCUT2D eigenvalue weighted by Crippen LogP contribution is 2.43. The minimum absolute atomic E-state index is 0.0537. The molecule has 2 aromatic rings. The number of rotatable bonds is 4. The van der Waals surface area contributed by atoms with E-state index in [1.807, 2.05) is 66.2 Å². The zero-order valence-corrected chi connectivity index (χ0v) is 15.4. The Morgan fingerprint density at radius 3 is 2.48 bits per heavy atom. The summed E-state index contributed by atoms with van der Waals surface area (Å²) in [4.78, 5) is 13.5. The first-order chi connectivity index (χ1) is 11.3. The Kier molecular flexibility index (Phi) is 5.97. The molecule has 1 N–H and O–H groups in total. The number of hydrogen-bond acceptors (Lipinski definition) is 4. The second-order valence-electron chi connectivity index (χ2n) is 5.20. The fourth-order valence-corrected chi connectivity index (χ4v) is 5.86. The van der Waals surface area contributed by atoms with Crippen molar-refractivity contribution in [2.45, 2.75) is 15.9 Å². The lowest BCUT2D eigenvalue weighted by Crippen LogP contribution is -2.12. The van der Waals surface area contributed by atoms with Crippen molar-refractivity contribution < 1.29 is 4.79 Å². The molecule has 1 heterocycles. The molecule has 1 amide bonds. The Morgan fingerprint density at radius 2 is 1.78 bits per heavy atom. The van der Waals surface area contributed by atoms with Crippen LogP contribution in [0.1, 0.15) is 26.9 Å². The summed E-state index contributed by atoms with van der Waals surface area (Å²) in [7, 11) is 0. The topological polar surface area (TPSA) is 29.1 Å². The molecule has 2 nitrogen and oxygen atoms in total. The number of carbonyl (C=O) groups excluding carboxylic acids is 1. The molecule has 2 aromatic carbocycles. The molecule has 0 unspecified atom stereocenters. The van der Waals surface area contributed by atoms with Gasteiger partial charge in [-0.05, 0) is 54.0 Å². The zero-order valence-electron chi connectivity index (χ0n) is 13.0. The highest BCUT2D eigenvalue weighted by atomic mass is 32.2. The largest absolute Gasteiger partial charge is 0.321 e. The lowest BCUT2D eigenvalue weighted by atomic mass is 10.1. The minimum atomic E-state index is -0.0537. The maximum absolute atomic E-state index is 12.4. The van der Waals surface area contributed by atoms with Crippen LogP contribution in [0, 0.1) is 0 Å². The van der Waals surface area contributed by atoms with Crippen molar-refractivity contribution in [1.82, 2.24) is 0 Å². The van der Waals surface area contributed by atoms with Crippen LogP contribution in [0.3, 0.4) is 0 Å². The smallest absolute Gasteiger partial charge is 0.255 e. The molecular formula is C18H19NOS3. The van der Waals surface area contributed by atoms with Crippen molar-refractivity contribution in [2.75, 3.05) is 23.1 Å². The molecule has 1 saturated heterocycles. The van der Waals surface area contributed by atoms with E-state index in [9.17, 15) is 4.79 Å². The van der Waals surface area contributed by atoms with Crippen molar-refractivity contribution in [2.24, 2.45) is 0 Å². The van der Waals surface area contributed by atoms with Crippen LogP contribution in [-0.4, -0.2) is 23.7 Å². The first-order valence-corrected chi connectivity index (χ1v) is 10.9. The number of hydrogen-bond donors (Lipinski definition) is 1. The summed E-state index contributed by atoms with van der Waals surface area (Å²) in [5.74, 6) is 2.40. The number of benzene rings is 2. The van der Waals surface area contributed by atoms with Gasteiger partial charge in [0.25, 0.3) is 5.91 Å². The molecule has 1 fully saturated rings. The molecule has 1 aliphatic rings. The summed E-state index contributed by atoms with van der Waals surface area (Å²) in [6.45, 7) is 0. The first kappa shape index (κ1) is 16.8. The van der Waals surface area contributed by atoms with Crippen LogP contribution >= 0.6 is 35.3 Å². The molecule has 1 aliphatic heterocycles. The number of amides is 1. The molecule has 0 saturated carbocycles. The third-order valence-corrected chi connectivity index (χ3v) is 7.44. The molecule has 120 valence electrons. The monoisotopic (exact) mass is 361 g/mol. The van der Waals surface area contributed by atoms with Crippen molar-refractivity contribution >= 4 is 46.9 Å². The van der Waals surface area contributed by atoms with Gasteiger partial charge in [0, 0.05) is 10.5 Å². The Hall–Kier alpha value is -1.04. The summed E-state index contributed by atoms with van der Waals surface area (Å²) < 4.78 is 0.512. The predicted octanol–water partition coefficient (Wildman–Crippen LogP) is 5.53. The van der Waals surface area contributed by atoms with E-state index >= 15 is 0 Å². The van der Waals surface area contributed by atoms with Gasteiger partial charge in [-0.15, -0.1) is 35.3 Å². The summed E-state index contributed by atoms with van der Waals surface area (Å²) in [5, 5.41) is 3.01. The Bertz CT molecular complexity index is 666. The van der Waals surface area contributed by atoms with Crippen LogP contribution in [0.15, 0.2) is 53.4 Å². The van der Waals surface area contributed by atoms with E-state index in [-0.39, 0.29) is 5.91 Å². The average Bonchev–Trinajstić information content (AvgIpc) is 2.63. The molecular weight excluding hydrogens is 342 g/mol. The van der Waals surface area contributed by atoms with Crippen molar-refractivity contribution in [1.29, 1.82) is 0 Å². The van der Waals surface area contributed by atoms with Gasteiger partial charge < -0.3 is 5.32 Å². The van der Waals surface area contributed by atoms with Crippen LogP contribution in [0.4, 0.5) is 5.69 Å². The van der Waals surface area contributed by atoms with E-state index < -0.39 is 0 Å². The third kappa shape index (κ3) is 4.28. The summed E-state index contributed by atoms with van der Waals surface area (Å²) in [6.07, 6.45) is 3.31. The number of para-hydroxylation sites is 1. The van der Waals surface area contributed by atoms with Crippen LogP contribution < -0.4 is 5.32 Å². The van der Waals surface area contributed by atoms with Gasteiger partial charge in [0.1, 0.15) is 0 Å². The molecule has 0 aromatic heterocycles. The number of carbonyl (C=O) groups is 1. The molecule has 0 aliphatic carbocycles. The van der Waals surface area contributed by atoms with Gasteiger partial charge in [0.15, 0.2) is 0 Å². The number of anilines is 1. The summed E-state index contributed by atoms with van der Waals surface area (Å²) in [6, 6.07) is 15.9. The first-order valence-electron chi connectivity index (χ1n) is 7.55. The molecule has 5 heteroatoms. The van der Waals surface area contributed by atoms with Gasteiger partial charge in [-0.3, -0.25) is 4.79 Å². The normalized spacial score (nSPS) is 15.3. The molecule has 0 radical (unpaired) electrons. The van der Waals surface area contributed by atoms with E-state index in [4.69, 9.17) is 0 Å². The predicted molar refractivity (Wildman–Crippen MR) is 105 cm³/mol. The van der Waals surface area contributed by atoms with E-state index in [1.54, 1.807) is 11.8 Å². The maximum Gasteiger partial charge on any atom is 0.255 e. The standard InChI is InChI=1S/C18H19NOS3/c1-21-16-6-3-2-5-15(16)19-17(20)13-7-9-14(10-8-13)18-22-11-4-12-23-18/h2-3,5-10,18H,4,11-12H2,1H3,(H,19,20). The van der Waals surface area contributed by atoms with Gasteiger partial charge in [0.2, 0.25) is 0 Å². The number of thioether (sulfide) groups is 3. The fraction of sp³-hybridized carbons (Fsp3) is 0.278. The van der Waals surface area contributed by atoms with E-state index in [1.165, 1.54) is 23.5 Å². The van der Waals surface area contributed by atoms with Gasteiger partial charge in [0.05, 0.1) is 10.3 Å². The maximum atomic E-state index is 12.4. The zero-order chi connectivity index (χ0) is 16.1. The Morgan fingerprint density at radius 1 is 1.09 bits per heavy atom. The summed E-state index contributed by atoms with van der Waals surface area (Å²) in [5.41, 5.74) is 2.88. The van der Waals surface area contributed by atoms with Gasteiger partial charge in [-0.25, -0.2) is 0 Å². The van der Waals surface area contributed by atoms with Gasteiger partial charge >= 0.3 is 0 Å². The number of nitrogens with one attached hydrogen (secondary N) is 1. The van der Waals surface area contributed by atoms with Crippen LogP contribution in [0.25, 0.3) is 0 Å². The summed E-state index contributed by atoms with van der Waals surface area (Å²) >= 11 is 5.63. The van der Waals surface area contributed by atoms with Gasteiger partial charge in [-0.2, -0.15) is 0 Å². The Labute approximate surface area is 150 Å². The minimum Gasteiger partial charge on any atom is -0.321 e. The van der Waals surface area contributed by atoms with Crippen molar-refractivity contribution in [3.05, 3.63) is 59.7 Å². The highest BCUT2D eigenvalue weighted by Gasteiger charge is 2.17. The second-order valence-corrected chi connectivity index (χ2v) is 8.78. The SMILES string of the molecule is CSc1ccccc1NC(=O)c1ccc(C2SCCCS2)cc1. The lowest BCUT2D eigenvalue weighted by Gasteiger charge is -2.21. The van der Waals surface area contributed by atoms with Crippen LogP contribution in [0.2, 0.25) is 0 Å².